The average molecular weight is 343 g/mol. The van der Waals surface area contributed by atoms with E-state index in [0.717, 1.165) is 5.69 Å². The van der Waals surface area contributed by atoms with Crippen molar-refractivity contribution in [3.8, 4) is 0 Å². The van der Waals surface area contributed by atoms with Gasteiger partial charge in [-0.1, -0.05) is 41.6 Å². The Hall–Kier alpha value is -0.910. The molecule has 0 aliphatic carbocycles. The number of hydrogen-bond donors (Lipinski definition) is 2. The highest BCUT2D eigenvalue weighted by molar-refractivity contribution is 9.12. The molecule has 1 aromatic carbocycles. The average Bonchev–Trinajstić information content (AvgIpc) is 2.64. The summed E-state index contributed by atoms with van der Waals surface area (Å²) < 4.78 is -0.492. The lowest BCUT2D eigenvalue weighted by Crippen LogP contribution is -2.33. The standard InChI is InChI=1S/C12H9BrClN3S/c13-12(17-11-7-3-6-10(14)15-11)16-8-4-1-2-5-9(8)18-12/h1-7,16H,(H,15,17). The Morgan fingerprint density at radius 2 is 2.06 bits per heavy atom. The molecule has 0 saturated heterocycles. The molecule has 1 aliphatic rings. The second-order valence-electron chi connectivity index (χ2n) is 3.79. The number of nitrogens with zero attached hydrogens (tertiary/aromatic N) is 1. The maximum absolute atomic E-state index is 5.87. The van der Waals surface area contributed by atoms with Gasteiger partial charge in [-0.2, -0.15) is 0 Å². The van der Waals surface area contributed by atoms with Crippen LogP contribution in [0, 0.1) is 0 Å². The number of fused-ring (bicyclic) bond motifs is 1. The molecule has 0 radical (unpaired) electrons. The van der Waals surface area contributed by atoms with Gasteiger partial charge in [0.1, 0.15) is 11.0 Å². The number of hydrogen-bond acceptors (Lipinski definition) is 4. The van der Waals surface area contributed by atoms with Gasteiger partial charge in [0.05, 0.1) is 5.69 Å². The van der Waals surface area contributed by atoms with Crippen molar-refractivity contribution in [2.75, 3.05) is 10.6 Å². The van der Waals surface area contributed by atoms with Gasteiger partial charge in [0.25, 0.3) is 0 Å². The van der Waals surface area contributed by atoms with Crippen LogP contribution in [0.2, 0.25) is 5.15 Å². The number of halogens is 2. The molecule has 0 amide bonds. The fourth-order valence-electron chi connectivity index (χ4n) is 1.71. The lowest BCUT2D eigenvalue weighted by molar-refractivity contribution is 1.07. The molecule has 1 aromatic heterocycles. The van der Waals surface area contributed by atoms with Crippen LogP contribution in [0.1, 0.15) is 0 Å². The SMILES string of the molecule is Clc1cccc(NC2(Br)Nc3ccccc3S2)n1. The lowest BCUT2D eigenvalue weighted by Gasteiger charge is -2.23. The number of para-hydroxylation sites is 1. The second-order valence-corrected chi connectivity index (χ2v) is 7.15. The molecule has 0 spiro atoms. The van der Waals surface area contributed by atoms with E-state index < -0.39 is 3.90 Å². The number of alkyl halides is 1. The Bertz CT molecular complexity index is 568. The maximum Gasteiger partial charge on any atom is 0.220 e. The number of thioether (sulfide) groups is 1. The normalized spacial score (nSPS) is 21.2. The van der Waals surface area contributed by atoms with Crippen molar-refractivity contribution >= 4 is 50.8 Å². The summed E-state index contributed by atoms with van der Waals surface area (Å²) in [4.78, 5) is 5.40. The van der Waals surface area contributed by atoms with Crippen molar-refractivity contribution in [1.82, 2.24) is 4.98 Å². The Morgan fingerprint density at radius 3 is 2.83 bits per heavy atom. The van der Waals surface area contributed by atoms with E-state index in [9.17, 15) is 0 Å². The minimum absolute atomic E-state index is 0.469. The summed E-state index contributed by atoms with van der Waals surface area (Å²) in [6.45, 7) is 0. The summed E-state index contributed by atoms with van der Waals surface area (Å²) in [5, 5.41) is 7.11. The van der Waals surface area contributed by atoms with E-state index in [1.165, 1.54) is 4.90 Å². The molecule has 6 heteroatoms. The fraction of sp³-hybridized carbons (Fsp3) is 0.0833. The number of pyridine rings is 1. The Morgan fingerprint density at radius 1 is 1.22 bits per heavy atom. The zero-order chi connectivity index (χ0) is 12.6. The Labute approximate surface area is 122 Å². The quantitative estimate of drug-likeness (QED) is 0.483. The van der Waals surface area contributed by atoms with E-state index in [-0.39, 0.29) is 0 Å². The number of benzene rings is 1. The van der Waals surface area contributed by atoms with Crippen molar-refractivity contribution in [2.45, 2.75) is 8.80 Å². The second kappa shape index (κ2) is 4.64. The Balaban J connectivity index is 1.83. The number of anilines is 2. The molecule has 1 atom stereocenters. The molecule has 2 aromatic rings. The minimum Gasteiger partial charge on any atom is -0.344 e. The minimum atomic E-state index is -0.492. The van der Waals surface area contributed by atoms with Crippen molar-refractivity contribution < 1.29 is 0 Å². The maximum atomic E-state index is 5.87. The van der Waals surface area contributed by atoms with Crippen LogP contribution in [-0.4, -0.2) is 8.89 Å². The van der Waals surface area contributed by atoms with E-state index in [4.69, 9.17) is 11.6 Å². The van der Waals surface area contributed by atoms with Crippen molar-refractivity contribution in [1.29, 1.82) is 0 Å². The summed E-state index contributed by atoms with van der Waals surface area (Å²) in [5.74, 6) is 0.715. The van der Waals surface area contributed by atoms with E-state index in [1.807, 2.05) is 30.3 Å². The zero-order valence-corrected chi connectivity index (χ0v) is 12.3. The predicted molar refractivity (Wildman–Crippen MR) is 80.4 cm³/mol. The molecule has 18 heavy (non-hydrogen) atoms. The number of aromatic nitrogens is 1. The molecule has 0 bridgehead atoms. The molecule has 92 valence electrons. The highest BCUT2D eigenvalue weighted by Crippen LogP contribution is 2.48. The van der Waals surface area contributed by atoms with Crippen LogP contribution in [-0.2, 0) is 0 Å². The molecule has 0 saturated carbocycles. The first-order chi connectivity index (χ1) is 8.65. The van der Waals surface area contributed by atoms with Crippen molar-refractivity contribution in [3.63, 3.8) is 0 Å². The monoisotopic (exact) mass is 341 g/mol. The topological polar surface area (TPSA) is 37.0 Å². The molecule has 0 fully saturated rings. The van der Waals surface area contributed by atoms with Crippen LogP contribution in [0.5, 0.6) is 0 Å². The van der Waals surface area contributed by atoms with Crippen molar-refractivity contribution in [2.24, 2.45) is 0 Å². The summed E-state index contributed by atoms with van der Waals surface area (Å²) in [5.41, 5.74) is 1.09. The van der Waals surface area contributed by atoms with Crippen LogP contribution in [0.4, 0.5) is 11.5 Å². The van der Waals surface area contributed by atoms with Crippen molar-refractivity contribution in [3.05, 3.63) is 47.6 Å². The first-order valence-electron chi connectivity index (χ1n) is 5.30. The van der Waals surface area contributed by atoms with Gasteiger partial charge in [-0.25, -0.2) is 4.98 Å². The summed E-state index contributed by atoms with van der Waals surface area (Å²) in [6, 6.07) is 13.6. The highest BCUT2D eigenvalue weighted by atomic mass is 79.9. The summed E-state index contributed by atoms with van der Waals surface area (Å²) in [6.07, 6.45) is 0. The van der Waals surface area contributed by atoms with Gasteiger partial charge < -0.3 is 10.6 Å². The molecular weight excluding hydrogens is 334 g/mol. The van der Waals surface area contributed by atoms with Crippen LogP contribution >= 0.6 is 39.3 Å². The zero-order valence-electron chi connectivity index (χ0n) is 9.15. The van der Waals surface area contributed by atoms with Crippen LogP contribution in [0.3, 0.4) is 0 Å². The van der Waals surface area contributed by atoms with Crippen LogP contribution < -0.4 is 10.6 Å². The van der Waals surface area contributed by atoms with Gasteiger partial charge in [0, 0.05) is 4.90 Å². The first kappa shape index (κ1) is 12.1. The molecule has 3 nitrogen and oxygen atoms in total. The summed E-state index contributed by atoms with van der Waals surface area (Å²) in [7, 11) is 0. The van der Waals surface area contributed by atoms with Gasteiger partial charge >= 0.3 is 0 Å². The Kier molecular flexibility index (Phi) is 3.13. The van der Waals surface area contributed by atoms with E-state index in [2.05, 4.69) is 37.6 Å². The lowest BCUT2D eigenvalue weighted by atomic mass is 10.3. The number of rotatable bonds is 2. The van der Waals surface area contributed by atoms with Crippen LogP contribution in [0.15, 0.2) is 47.4 Å². The molecule has 1 unspecified atom stereocenters. The smallest absolute Gasteiger partial charge is 0.220 e. The molecule has 1 aliphatic heterocycles. The third kappa shape index (κ3) is 2.43. The van der Waals surface area contributed by atoms with E-state index in [0.29, 0.717) is 11.0 Å². The third-order valence-electron chi connectivity index (χ3n) is 2.44. The largest absolute Gasteiger partial charge is 0.344 e. The summed E-state index contributed by atoms with van der Waals surface area (Å²) >= 11 is 11.2. The van der Waals surface area contributed by atoms with Gasteiger partial charge in [0.2, 0.25) is 3.90 Å². The van der Waals surface area contributed by atoms with Gasteiger partial charge in [-0.15, -0.1) is 0 Å². The molecule has 3 rings (SSSR count). The highest BCUT2D eigenvalue weighted by Gasteiger charge is 2.35. The number of nitrogens with one attached hydrogen (secondary N) is 2. The molecule has 2 N–H and O–H groups in total. The van der Waals surface area contributed by atoms with Gasteiger partial charge in [0.15, 0.2) is 0 Å². The van der Waals surface area contributed by atoms with E-state index >= 15 is 0 Å². The first-order valence-corrected chi connectivity index (χ1v) is 7.29. The third-order valence-corrected chi connectivity index (χ3v) is 4.59. The molecular formula is C12H9BrClN3S. The molecule has 2 heterocycles. The van der Waals surface area contributed by atoms with Gasteiger partial charge in [-0.05, 0) is 40.2 Å². The van der Waals surface area contributed by atoms with E-state index in [1.54, 1.807) is 17.8 Å². The fourth-order valence-corrected chi connectivity index (χ4v) is 3.81. The van der Waals surface area contributed by atoms with Gasteiger partial charge in [-0.3, -0.25) is 0 Å². The predicted octanol–water partition coefficient (Wildman–Crippen LogP) is 4.37. The van der Waals surface area contributed by atoms with Crippen LogP contribution in [0.25, 0.3) is 0 Å².